The van der Waals surface area contributed by atoms with Crippen molar-refractivity contribution in [1.29, 1.82) is 0 Å². The number of nitrogens with zero attached hydrogens (tertiary/aromatic N) is 4. The van der Waals surface area contributed by atoms with Gasteiger partial charge in [0.15, 0.2) is 11.4 Å². The number of anilines is 2. The Hall–Kier alpha value is -3.90. The van der Waals surface area contributed by atoms with Crippen LogP contribution < -0.4 is 20.3 Å². The number of aryl methyl sites for hydroxylation is 1. The maximum atomic E-state index is 12.9. The molecule has 0 saturated heterocycles. The number of pyridine rings is 1. The molecule has 0 aliphatic carbocycles. The Morgan fingerprint density at radius 1 is 1.07 bits per heavy atom. The van der Waals surface area contributed by atoms with E-state index in [2.05, 4.69) is 31.5 Å². The largest absolute Gasteiger partial charge is 0.485 e. The molecule has 0 atom stereocenters. The number of hydrogen-bond donors (Lipinski definition) is 2. The molecule has 0 aliphatic rings. The topological polar surface area (TPSA) is 108 Å². The van der Waals surface area contributed by atoms with Gasteiger partial charge in [-0.1, -0.05) is 35.3 Å². The highest BCUT2D eigenvalue weighted by atomic mass is 79.9. The summed E-state index contributed by atoms with van der Waals surface area (Å²) in [7, 11) is 5.19. The van der Waals surface area contributed by atoms with E-state index in [4.69, 9.17) is 27.9 Å². The molecule has 0 unspecified atom stereocenters. The third-order valence-electron chi connectivity index (χ3n) is 6.48. The lowest BCUT2D eigenvalue weighted by atomic mass is 10.2. The van der Waals surface area contributed by atoms with E-state index in [0.29, 0.717) is 33.4 Å². The monoisotopic (exact) mass is 700 g/mol. The Balaban J connectivity index is 1.34. The lowest BCUT2D eigenvalue weighted by Gasteiger charge is -2.21. The number of imidazole rings is 1. The van der Waals surface area contributed by atoms with Gasteiger partial charge in [-0.25, -0.2) is 4.98 Å². The van der Waals surface area contributed by atoms with Crippen LogP contribution >= 0.6 is 39.1 Å². The average molecular weight is 702 g/mol. The Morgan fingerprint density at radius 2 is 1.80 bits per heavy atom. The number of aromatic nitrogens is 2. The van der Waals surface area contributed by atoms with E-state index >= 15 is 0 Å². The fraction of sp³-hybridized carbons (Fsp3) is 0.226. The van der Waals surface area contributed by atoms with Gasteiger partial charge in [-0.15, -0.1) is 0 Å². The number of fused-ring (bicyclic) bond motifs is 1. The van der Waals surface area contributed by atoms with E-state index in [-0.39, 0.29) is 36.5 Å². The Morgan fingerprint density at radius 3 is 2.50 bits per heavy atom. The van der Waals surface area contributed by atoms with Crippen molar-refractivity contribution in [2.75, 3.05) is 44.4 Å². The van der Waals surface area contributed by atoms with Crippen molar-refractivity contribution < 1.29 is 19.1 Å². The van der Waals surface area contributed by atoms with Gasteiger partial charge in [0.2, 0.25) is 17.7 Å². The normalized spacial score (nSPS) is 11.3. The van der Waals surface area contributed by atoms with Crippen LogP contribution in [-0.4, -0.2) is 66.2 Å². The van der Waals surface area contributed by atoms with Crippen molar-refractivity contribution >= 4 is 80.0 Å². The van der Waals surface area contributed by atoms with Crippen molar-refractivity contribution in [2.24, 2.45) is 0 Å². The number of benzene rings is 2. The van der Waals surface area contributed by atoms with Crippen LogP contribution in [0.5, 0.6) is 5.75 Å². The summed E-state index contributed by atoms with van der Waals surface area (Å²) in [5, 5.41) is 6.03. The van der Waals surface area contributed by atoms with E-state index in [9.17, 15) is 14.4 Å². The molecule has 4 aromatic rings. The number of amides is 3. The first kappa shape index (κ1) is 33.0. The van der Waals surface area contributed by atoms with E-state index in [0.717, 1.165) is 15.9 Å². The smallest absolute Gasteiger partial charge is 0.246 e. The van der Waals surface area contributed by atoms with Gasteiger partial charge in [-0.3, -0.25) is 18.8 Å². The SMILES string of the molecule is Cc1nc2c(OCc3c(Cl)ccc(N(C)C(=O)CNC(=O)C=Cc4ccc(NC(=O)CN(C)C)cc4)c3Cl)cccn2c1Br. The third kappa shape index (κ3) is 8.17. The van der Waals surface area contributed by atoms with E-state index in [1.165, 1.54) is 11.0 Å². The second-order valence-corrected chi connectivity index (χ2v) is 11.6. The molecule has 2 aromatic carbocycles. The molecular weight excluding hydrogens is 671 g/mol. The van der Waals surface area contributed by atoms with Gasteiger partial charge in [0.1, 0.15) is 11.2 Å². The predicted molar refractivity (Wildman–Crippen MR) is 178 cm³/mol. The van der Waals surface area contributed by atoms with E-state index in [1.54, 1.807) is 60.5 Å². The molecule has 4 rings (SSSR count). The number of nitrogens with one attached hydrogen (secondary N) is 2. The van der Waals surface area contributed by atoms with Crippen LogP contribution in [0, 0.1) is 6.92 Å². The molecule has 0 spiro atoms. The molecule has 230 valence electrons. The Labute approximate surface area is 273 Å². The molecule has 3 amide bonds. The van der Waals surface area contributed by atoms with Crippen molar-refractivity contribution in [3.05, 3.63) is 92.3 Å². The zero-order valence-electron chi connectivity index (χ0n) is 24.5. The standard InChI is InChI=1S/C31H31BrCl2N6O4/c1-19-30(32)40-15-5-6-25(31(40)36-19)44-18-22-23(33)12-13-24(29(22)34)39(4)28(43)16-35-26(41)14-9-20-7-10-21(11-8-20)37-27(42)17-38(2)3/h5-15H,16-18H2,1-4H3,(H,35,41)(H,37,42). The zero-order chi connectivity index (χ0) is 32.0. The highest BCUT2D eigenvalue weighted by Gasteiger charge is 2.20. The minimum atomic E-state index is -0.443. The molecular formula is C31H31BrCl2N6O4. The number of carbonyl (C=O) groups excluding carboxylic acids is 3. The van der Waals surface area contributed by atoms with Crippen LogP contribution in [0.1, 0.15) is 16.8 Å². The first-order chi connectivity index (χ1) is 20.9. The Bertz CT molecular complexity index is 1720. The molecule has 2 aromatic heterocycles. The summed E-state index contributed by atoms with van der Waals surface area (Å²) < 4.78 is 8.74. The maximum Gasteiger partial charge on any atom is 0.246 e. The van der Waals surface area contributed by atoms with Crippen LogP contribution in [0.25, 0.3) is 11.7 Å². The summed E-state index contributed by atoms with van der Waals surface area (Å²) >= 11 is 16.7. The van der Waals surface area contributed by atoms with Crippen molar-refractivity contribution in [3.63, 3.8) is 0 Å². The van der Waals surface area contributed by atoms with Gasteiger partial charge in [0.05, 0.1) is 29.5 Å². The average Bonchev–Trinajstić information content (AvgIpc) is 3.28. The summed E-state index contributed by atoms with van der Waals surface area (Å²) in [6.07, 6.45) is 4.81. The third-order valence-corrected chi connectivity index (χ3v) is 8.22. The molecule has 2 N–H and O–H groups in total. The van der Waals surface area contributed by atoms with Gasteiger partial charge < -0.3 is 25.2 Å². The second-order valence-electron chi connectivity index (χ2n) is 10.1. The summed E-state index contributed by atoms with van der Waals surface area (Å²) in [5.41, 5.74) is 3.78. The summed E-state index contributed by atoms with van der Waals surface area (Å²) in [6, 6.07) is 14.0. The van der Waals surface area contributed by atoms with E-state index < -0.39 is 5.91 Å². The molecule has 0 bridgehead atoms. The minimum absolute atomic E-state index is 0.0434. The lowest BCUT2D eigenvalue weighted by Crippen LogP contribution is -2.37. The van der Waals surface area contributed by atoms with Crippen LogP contribution in [0.4, 0.5) is 11.4 Å². The molecule has 0 aliphatic heterocycles. The van der Waals surface area contributed by atoms with Gasteiger partial charge in [-0.05, 0) is 85.0 Å². The fourth-order valence-electron chi connectivity index (χ4n) is 4.18. The van der Waals surface area contributed by atoms with Crippen LogP contribution in [-0.2, 0) is 21.0 Å². The Kier molecular flexibility index (Phi) is 11.0. The molecule has 44 heavy (non-hydrogen) atoms. The summed E-state index contributed by atoms with van der Waals surface area (Å²) in [5.74, 6) is -0.407. The predicted octanol–water partition coefficient (Wildman–Crippen LogP) is 5.58. The highest BCUT2D eigenvalue weighted by Crippen LogP contribution is 2.35. The number of ether oxygens (including phenoxy) is 1. The van der Waals surface area contributed by atoms with Gasteiger partial charge in [0.25, 0.3) is 0 Å². The molecule has 2 heterocycles. The first-order valence-corrected chi connectivity index (χ1v) is 15.0. The van der Waals surface area contributed by atoms with Gasteiger partial charge in [-0.2, -0.15) is 0 Å². The summed E-state index contributed by atoms with van der Waals surface area (Å²) in [6.45, 7) is 1.95. The quantitative estimate of drug-likeness (QED) is 0.198. The summed E-state index contributed by atoms with van der Waals surface area (Å²) in [4.78, 5) is 44.9. The molecule has 0 radical (unpaired) electrons. The number of rotatable bonds is 11. The number of carbonyl (C=O) groups is 3. The van der Waals surface area contributed by atoms with Crippen LogP contribution in [0.2, 0.25) is 10.0 Å². The van der Waals surface area contributed by atoms with Crippen LogP contribution in [0.3, 0.4) is 0 Å². The second kappa shape index (κ2) is 14.7. The van der Waals surface area contributed by atoms with Crippen molar-refractivity contribution in [1.82, 2.24) is 19.6 Å². The number of likely N-dealkylation sites (N-methyl/N-ethyl adjacent to an activating group) is 2. The van der Waals surface area contributed by atoms with E-state index in [1.807, 2.05) is 37.7 Å². The molecule has 10 nitrogen and oxygen atoms in total. The lowest BCUT2D eigenvalue weighted by molar-refractivity contribution is -0.122. The van der Waals surface area contributed by atoms with Crippen molar-refractivity contribution in [3.8, 4) is 5.75 Å². The highest BCUT2D eigenvalue weighted by molar-refractivity contribution is 9.10. The first-order valence-electron chi connectivity index (χ1n) is 13.4. The van der Waals surface area contributed by atoms with Crippen LogP contribution in [0.15, 0.2) is 65.4 Å². The maximum absolute atomic E-state index is 12.9. The molecule has 0 fully saturated rings. The number of halogens is 3. The molecule has 13 heteroatoms. The zero-order valence-corrected chi connectivity index (χ0v) is 27.6. The van der Waals surface area contributed by atoms with Crippen molar-refractivity contribution in [2.45, 2.75) is 13.5 Å². The minimum Gasteiger partial charge on any atom is -0.485 e. The molecule has 0 saturated carbocycles. The fourth-order valence-corrected chi connectivity index (χ4v) is 5.16. The number of hydrogen-bond acceptors (Lipinski definition) is 6. The van der Waals surface area contributed by atoms with Gasteiger partial charge in [0, 0.05) is 35.6 Å². The van der Waals surface area contributed by atoms with Gasteiger partial charge >= 0.3 is 0 Å².